The molecule has 6 aromatic rings. The molecule has 0 unspecified atom stereocenters. The van der Waals surface area contributed by atoms with Crippen LogP contribution in [0.4, 0.5) is 0 Å². The van der Waals surface area contributed by atoms with Gasteiger partial charge >= 0.3 is 0 Å². The van der Waals surface area contributed by atoms with Gasteiger partial charge in [-0.2, -0.15) is 0 Å². The van der Waals surface area contributed by atoms with E-state index in [2.05, 4.69) is 26.0 Å². The zero-order valence-electron chi connectivity index (χ0n) is 48.4. The number of carbonyl (C=O) groups excluding carboxylic acids is 4. The van der Waals surface area contributed by atoms with Crippen LogP contribution in [0.2, 0.25) is 0 Å². The maximum absolute atomic E-state index is 12.2. The molecule has 77 heavy (non-hydrogen) atoms. The third-order valence-electron chi connectivity index (χ3n) is 12.7. The Morgan fingerprint density at radius 1 is 0.545 bits per heavy atom. The van der Waals surface area contributed by atoms with Gasteiger partial charge in [-0.25, -0.2) is 0 Å². The molecule has 0 fully saturated rings. The lowest BCUT2D eigenvalue weighted by Gasteiger charge is -2.21. The lowest BCUT2D eigenvalue weighted by atomic mass is 9.91. The number of unbranched alkanes of at least 4 members (excludes halogenated alkanes) is 10. The highest BCUT2D eigenvalue weighted by atomic mass is 32.2. The predicted molar refractivity (Wildman–Crippen MR) is 319 cm³/mol. The van der Waals surface area contributed by atoms with Crippen molar-refractivity contribution >= 4 is 56.2 Å². The van der Waals surface area contributed by atoms with Crippen molar-refractivity contribution in [1.29, 1.82) is 0 Å². The summed E-state index contributed by atoms with van der Waals surface area (Å²) in [5.74, 6) is 1.72. The third-order valence-corrected chi connectivity index (χ3v) is 14.3. The second-order valence-electron chi connectivity index (χ2n) is 19.8. The van der Waals surface area contributed by atoms with Crippen LogP contribution >= 0.6 is 0 Å². The van der Waals surface area contributed by atoms with Crippen LogP contribution in [0.15, 0.2) is 146 Å². The molecule has 0 aliphatic carbocycles. The van der Waals surface area contributed by atoms with Gasteiger partial charge in [-0.3, -0.25) is 14.4 Å². The molecule has 1 aromatic heterocycles. The topological polar surface area (TPSA) is 140 Å². The Labute approximate surface area is 465 Å². The fraction of sp³-hybridized carbons (Fsp3) is 0.478. The largest absolute Gasteiger partial charge is 0.606 e. The number of carbonyl (C=O) groups is 4. The van der Waals surface area contributed by atoms with Gasteiger partial charge in [0.15, 0.2) is 9.79 Å². The van der Waals surface area contributed by atoms with Crippen LogP contribution in [0.5, 0.6) is 0 Å². The molecule has 0 bridgehead atoms. The highest BCUT2D eigenvalue weighted by Gasteiger charge is 2.27. The number of ether oxygens (including phenoxy) is 2. The van der Waals surface area contributed by atoms with E-state index < -0.39 is 17.5 Å². The summed E-state index contributed by atoms with van der Waals surface area (Å²) in [6, 6.07) is 39.6. The van der Waals surface area contributed by atoms with E-state index in [1.54, 1.807) is 45.0 Å². The van der Waals surface area contributed by atoms with E-state index in [-0.39, 0.29) is 22.8 Å². The van der Waals surface area contributed by atoms with Crippen LogP contribution in [-0.2, 0) is 41.5 Å². The Morgan fingerprint density at radius 3 is 1.34 bits per heavy atom. The minimum Gasteiger partial charge on any atom is -0.606 e. The number of hydrogen-bond acceptors (Lipinski definition) is 9. The van der Waals surface area contributed by atoms with E-state index in [9.17, 15) is 28.5 Å². The minimum absolute atomic E-state index is 0.0347. The Bertz CT molecular complexity index is 2510. The zero-order chi connectivity index (χ0) is 56.8. The monoisotopic (exact) mass is 1070 g/mol. The molecule has 1 aliphatic rings. The van der Waals surface area contributed by atoms with Gasteiger partial charge < -0.3 is 28.0 Å². The summed E-state index contributed by atoms with van der Waals surface area (Å²) in [6.07, 6.45) is 19.8. The van der Waals surface area contributed by atoms with E-state index >= 15 is 0 Å². The number of benzene rings is 5. The van der Waals surface area contributed by atoms with Crippen molar-refractivity contribution in [2.75, 3.05) is 13.2 Å². The molecular weight excluding hydrogens is 981 g/mol. The van der Waals surface area contributed by atoms with Gasteiger partial charge in [0.1, 0.15) is 28.5 Å². The molecule has 1 aliphatic heterocycles. The molecule has 0 N–H and O–H groups in total. The third kappa shape index (κ3) is 27.1. The van der Waals surface area contributed by atoms with Gasteiger partial charge in [0, 0.05) is 66.3 Å². The van der Waals surface area contributed by atoms with Crippen molar-refractivity contribution in [3.8, 4) is 0 Å². The van der Waals surface area contributed by atoms with Gasteiger partial charge in [0.2, 0.25) is 17.5 Å². The molecule has 0 amide bonds. The molecular formula is C67H92O9S. The molecule has 5 aromatic carbocycles. The average molecular weight is 1070 g/mol. The first-order valence-corrected chi connectivity index (χ1v) is 29.6. The van der Waals surface area contributed by atoms with Crippen LogP contribution in [0.3, 0.4) is 0 Å². The summed E-state index contributed by atoms with van der Waals surface area (Å²) < 4.78 is 28.3. The maximum atomic E-state index is 12.2. The van der Waals surface area contributed by atoms with Crippen molar-refractivity contribution in [3.05, 3.63) is 154 Å². The average Bonchev–Trinajstić information content (AvgIpc) is 3.43. The van der Waals surface area contributed by atoms with Crippen molar-refractivity contribution < 1.29 is 37.6 Å². The number of fused-ring (bicyclic) bond motifs is 4. The highest BCUT2D eigenvalue weighted by molar-refractivity contribution is 7.91. The van der Waals surface area contributed by atoms with Gasteiger partial charge in [-0.05, 0) is 89.8 Å². The van der Waals surface area contributed by atoms with Crippen LogP contribution < -0.4 is 5.43 Å². The van der Waals surface area contributed by atoms with Gasteiger partial charge in [0.25, 0.3) is 0 Å². The SMILES string of the molecule is CC(=O)CC(C)C.CCC(C)=O.CCCCCCCCC(CCCCCCCC)C(C)=O.CCOC(OCC)C(=O)c1ccccc1.O=c1c2ccccc2oc2ccccc12.[O-][S+]1c2ccccc2Cc2ccccc21. The summed E-state index contributed by atoms with van der Waals surface area (Å²) in [5.41, 5.74) is 4.31. The predicted octanol–water partition coefficient (Wildman–Crippen LogP) is 17.3. The van der Waals surface area contributed by atoms with Gasteiger partial charge in [0.05, 0.1) is 10.8 Å². The Hall–Kier alpha value is -5.52. The first-order valence-electron chi connectivity index (χ1n) is 28.4. The van der Waals surface area contributed by atoms with E-state index in [1.165, 1.54) is 88.2 Å². The molecule has 0 radical (unpaired) electrons. The smallest absolute Gasteiger partial charge is 0.222 e. The zero-order valence-corrected chi connectivity index (χ0v) is 49.2. The van der Waals surface area contributed by atoms with E-state index in [1.807, 2.05) is 126 Å². The van der Waals surface area contributed by atoms with Crippen LogP contribution in [-0.4, -0.2) is 47.2 Å². The van der Waals surface area contributed by atoms with Crippen LogP contribution in [0, 0.1) is 11.8 Å². The van der Waals surface area contributed by atoms with E-state index in [4.69, 9.17) is 13.9 Å². The Morgan fingerprint density at radius 2 is 0.948 bits per heavy atom. The molecule has 0 saturated heterocycles. The summed E-state index contributed by atoms with van der Waals surface area (Å²) in [6.45, 7) is 20.0. The summed E-state index contributed by atoms with van der Waals surface area (Å²) in [5, 5.41) is 1.27. The number of hydrogen-bond donors (Lipinski definition) is 0. The number of Topliss-reactive ketones (excluding diaryl/α,β-unsaturated/α-hetero) is 4. The van der Waals surface area contributed by atoms with Crippen molar-refractivity contribution in [3.63, 3.8) is 0 Å². The van der Waals surface area contributed by atoms with Crippen molar-refractivity contribution in [1.82, 2.24) is 0 Å². The van der Waals surface area contributed by atoms with Gasteiger partial charge in [-0.1, -0.05) is 203 Å². The fourth-order valence-corrected chi connectivity index (χ4v) is 9.84. The van der Waals surface area contributed by atoms with Crippen molar-refractivity contribution in [2.24, 2.45) is 11.8 Å². The molecule has 10 heteroatoms. The fourth-order valence-electron chi connectivity index (χ4n) is 8.44. The Kier molecular flexibility index (Phi) is 35.7. The summed E-state index contributed by atoms with van der Waals surface area (Å²) >= 11 is -0.990. The normalized spacial score (nSPS) is 11.3. The first-order chi connectivity index (χ1) is 37.1. The second kappa shape index (κ2) is 40.7. The minimum atomic E-state index is -0.990. The second-order valence-corrected chi connectivity index (χ2v) is 21.3. The molecule has 9 nitrogen and oxygen atoms in total. The molecule has 2 heterocycles. The number of rotatable bonds is 24. The summed E-state index contributed by atoms with van der Waals surface area (Å²) in [4.78, 5) is 57.6. The summed E-state index contributed by atoms with van der Waals surface area (Å²) in [7, 11) is 0. The molecule has 0 atom stereocenters. The molecule has 7 rings (SSSR count). The van der Waals surface area contributed by atoms with E-state index in [0.29, 0.717) is 64.8 Å². The molecule has 0 saturated carbocycles. The number of ketones is 4. The maximum Gasteiger partial charge on any atom is 0.222 e. The van der Waals surface area contributed by atoms with Crippen molar-refractivity contribution in [2.45, 2.75) is 194 Å². The van der Waals surface area contributed by atoms with Crippen LogP contribution in [0.25, 0.3) is 21.9 Å². The first kappa shape index (κ1) is 67.6. The quantitative estimate of drug-likeness (QED) is 0.0190. The molecule has 420 valence electrons. The number of para-hydroxylation sites is 2. The van der Waals surface area contributed by atoms with Crippen LogP contribution in [0.1, 0.15) is 193 Å². The standard InChI is InChI=1S/C19H38O.C13H8O2.C13H10OS.C12H16O3.C6H12O.C4H8O/c1-4-6-8-10-12-14-16-19(18(3)20)17-15-13-11-9-7-5-2;14-13-9-5-1-3-7-11(9)15-12-8-4-2-6-10(12)13;14-15-12-7-3-1-5-10(12)9-11-6-2-4-8-13(11)15;1-3-14-12(15-4-2)11(13)10-8-6-5-7-9-10;1-5(2)4-6(3)7;1-3-4(2)5/h19H,4-17H2,1-3H3;1-8H;1-8H,9H2;5-9,12H,3-4H2,1-2H3;5H,4H2,1-3H3;3H2,1-2H3. The highest BCUT2D eigenvalue weighted by Crippen LogP contribution is 2.33. The molecule has 0 spiro atoms. The lowest BCUT2D eigenvalue weighted by Crippen LogP contribution is -2.27. The van der Waals surface area contributed by atoms with E-state index in [0.717, 1.165) is 35.5 Å². The van der Waals surface area contributed by atoms with Gasteiger partial charge in [-0.15, -0.1) is 0 Å². The lowest BCUT2D eigenvalue weighted by molar-refractivity contribution is -0.121. The Balaban J connectivity index is 0.000000329.